The topological polar surface area (TPSA) is 37.8 Å². The minimum atomic E-state index is 0.830. The summed E-state index contributed by atoms with van der Waals surface area (Å²) in [5.74, 6) is 0. The molecule has 6 heteroatoms. The normalized spacial score (nSPS) is 11.1. The Hall–Kier alpha value is -1.11. The van der Waals surface area contributed by atoms with Gasteiger partial charge >= 0.3 is 0 Å². The minimum Gasteiger partial charge on any atom is -0.380 e. The lowest BCUT2D eigenvalue weighted by atomic mass is 10.3. The van der Waals surface area contributed by atoms with Crippen molar-refractivity contribution in [3.05, 3.63) is 34.3 Å². The first-order chi connectivity index (χ1) is 9.26. The van der Waals surface area contributed by atoms with Crippen LogP contribution in [0.2, 0.25) is 0 Å². The average molecular weight is 307 g/mol. The molecule has 0 radical (unpaired) electrons. The molecule has 0 unspecified atom stereocenters. The lowest BCUT2D eigenvalue weighted by molar-refractivity contribution is 1.12. The number of aromatic nitrogens is 2. The van der Waals surface area contributed by atoms with Gasteiger partial charge < -0.3 is 5.32 Å². The van der Waals surface area contributed by atoms with Gasteiger partial charge in [-0.05, 0) is 31.4 Å². The maximum absolute atomic E-state index is 4.54. The number of aryl methyl sites for hydroxylation is 1. The summed E-state index contributed by atoms with van der Waals surface area (Å²) in [5, 5.41) is 3.45. The monoisotopic (exact) mass is 307 g/mol. The molecule has 3 aromatic rings. The molecule has 0 bridgehead atoms. The van der Waals surface area contributed by atoms with Crippen LogP contribution in [-0.2, 0) is 6.54 Å². The van der Waals surface area contributed by atoms with Gasteiger partial charge in [0, 0.05) is 10.6 Å². The third-order valence-electron chi connectivity index (χ3n) is 2.84. The van der Waals surface area contributed by atoms with Gasteiger partial charge in [0.05, 0.1) is 28.0 Å². The van der Waals surface area contributed by atoms with Gasteiger partial charge in [-0.25, -0.2) is 9.97 Å². The lowest BCUT2D eigenvalue weighted by Crippen LogP contribution is -1.98. The van der Waals surface area contributed by atoms with Crippen LogP contribution in [0.1, 0.15) is 10.6 Å². The predicted molar refractivity (Wildman–Crippen MR) is 85.6 cm³/mol. The Balaban J connectivity index is 1.79. The van der Waals surface area contributed by atoms with Gasteiger partial charge in [0.25, 0.3) is 0 Å². The van der Waals surface area contributed by atoms with Crippen LogP contribution in [0.4, 0.5) is 5.69 Å². The summed E-state index contributed by atoms with van der Waals surface area (Å²) < 4.78 is 2.35. The van der Waals surface area contributed by atoms with Crippen LogP contribution in [0.25, 0.3) is 10.2 Å². The molecular weight excluding hydrogens is 294 g/mol. The first kappa shape index (κ1) is 12.9. The number of nitrogens with zero attached hydrogens (tertiary/aromatic N) is 2. The van der Waals surface area contributed by atoms with Crippen molar-refractivity contribution in [3.8, 4) is 0 Å². The SMILES string of the molecule is CSc1nc2ccc(NCc3scnc3C)cc2s1. The first-order valence-corrected chi connectivity index (χ1v) is 8.76. The van der Waals surface area contributed by atoms with Gasteiger partial charge in [-0.2, -0.15) is 0 Å². The molecule has 0 amide bonds. The highest BCUT2D eigenvalue weighted by atomic mass is 32.2. The highest BCUT2D eigenvalue weighted by molar-refractivity contribution is 8.00. The molecule has 0 saturated heterocycles. The van der Waals surface area contributed by atoms with Crippen molar-refractivity contribution in [2.75, 3.05) is 11.6 Å². The van der Waals surface area contributed by atoms with E-state index in [1.165, 1.54) is 9.58 Å². The molecule has 2 aromatic heterocycles. The van der Waals surface area contributed by atoms with E-state index in [2.05, 4.69) is 39.7 Å². The van der Waals surface area contributed by atoms with Gasteiger partial charge in [0.2, 0.25) is 0 Å². The molecule has 1 N–H and O–H groups in total. The molecule has 0 aliphatic rings. The van der Waals surface area contributed by atoms with Crippen molar-refractivity contribution in [2.45, 2.75) is 17.8 Å². The van der Waals surface area contributed by atoms with Crippen LogP contribution < -0.4 is 5.32 Å². The molecule has 0 atom stereocenters. The molecule has 0 saturated carbocycles. The number of benzene rings is 1. The second-order valence-corrected chi connectivity index (χ2v) is 7.10. The fourth-order valence-corrected chi connectivity index (χ4v) is 4.02. The highest BCUT2D eigenvalue weighted by Crippen LogP contribution is 2.30. The van der Waals surface area contributed by atoms with E-state index in [0.717, 1.165) is 27.8 Å². The first-order valence-electron chi connectivity index (χ1n) is 5.83. The van der Waals surface area contributed by atoms with Crippen molar-refractivity contribution in [1.82, 2.24) is 9.97 Å². The van der Waals surface area contributed by atoms with Gasteiger partial charge in [-0.15, -0.1) is 22.7 Å². The number of thiazole rings is 2. The summed E-state index contributed by atoms with van der Waals surface area (Å²) in [6.07, 6.45) is 2.06. The molecular formula is C13H13N3S3. The molecule has 98 valence electrons. The molecule has 2 heterocycles. The molecule has 0 fully saturated rings. The molecule has 19 heavy (non-hydrogen) atoms. The van der Waals surface area contributed by atoms with Crippen molar-refractivity contribution in [1.29, 1.82) is 0 Å². The van der Waals surface area contributed by atoms with Crippen LogP contribution >= 0.6 is 34.4 Å². The number of hydrogen-bond acceptors (Lipinski definition) is 6. The number of thioether (sulfide) groups is 1. The summed E-state index contributed by atoms with van der Waals surface area (Å²) in [5.41, 5.74) is 5.22. The smallest absolute Gasteiger partial charge is 0.150 e. The Labute approximate surface area is 124 Å². The zero-order chi connectivity index (χ0) is 13.2. The number of nitrogens with one attached hydrogen (secondary N) is 1. The molecule has 3 rings (SSSR count). The molecule has 0 aliphatic heterocycles. The number of hydrogen-bond donors (Lipinski definition) is 1. The van der Waals surface area contributed by atoms with Gasteiger partial charge in [0.1, 0.15) is 0 Å². The van der Waals surface area contributed by atoms with E-state index >= 15 is 0 Å². The molecule has 0 spiro atoms. The Kier molecular flexibility index (Phi) is 3.72. The van der Waals surface area contributed by atoms with Gasteiger partial charge in [0.15, 0.2) is 4.34 Å². The molecule has 1 aromatic carbocycles. The maximum Gasteiger partial charge on any atom is 0.150 e. The summed E-state index contributed by atoms with van der Waals surface area (Å²) in [6, 6.07) is 6.33. The van der Waals surface area contributed by atoms with Crippen LogP contribution in [-0.4, -0.2) is 16.2 Å². The van der Waals surface area contributed by atoms with Gasteiger partial charge in [-0.1, -0.05) is 11.8 Å². The number of anilines is 1. The van der Waals surface area contributed by atoms with E-state index in [1.54, 1.807) is 34.4 Å². The third kappa shape index (κ3) is 2.75. The van der Waals surface area contributed by atoms with E-state index in [9.17, 15) is 0 Å². The van der Waals surface area contributed by atoms with Crippen LogP contribution in [0.5, 0.6) is 0 Å². The van der Waals surface area contributed by atoms with Crippen molar-refractivity contribution in [3.63, 3.8) is 0 Å². The Morgan fingerprint density at radius 3 is 3.00 bits per heavy atom. The molecule has 0 aliphatic carbocycles. The van der Waals surface area contributed by atoms with Crippen molar-refractivity contribution in [2.24, 2.45) is 0 Å². The summed E-state index contributed by atoms with van der Waals surface area (Å²) >= 11 is 5.13. The maximum atomic E-state index is 4.54. The second kappa shape index (κ2) is 5.48. The molecule has 3 nitrogen and oxygen atoms in total. The van der Waals surface area contributed by atoms with E-state index in [1.807, 2.05) is 12.4 Å². The summed E-state index contributed by atoms with van der Waals surface area (Å²) in [6.45, 7) is 2.88. The number of rotatable bonds is 4. The third-order valence-corrected chi connectivity index (χ3v) is 5.78. The second-order valence-electron chi connectivity index (χ2n) is 4.08. The lowest BCUT2D eigenvalue weighted by Gasteiger charge is -2.04. The van der Waals surface area contributed by atoms with Crippen LogP contribution in [0, 0.1) is 6.92 Å². The zero-order valence-electron chi connectivity index (χ0n) is 10.6. The van der Waals surface area contributed by atoms with E-state index in [0.29, 0.717) is 0 Å². The van der Waals surface area contributed by atoms with Gasteiger partial charge in [-0.3, -0.25) is 0 Å². The summed E-state index contributed by atoms with van der Waals surface area (Å²) in [7, 11) is 0. The summed E-state index contributed by atoms with van der Waals surface area (Å²) in [4.78, 5) is 10.1. The van der Waals surface area contributed by atoms with E-state index in [4.69, 9.17) is 0 Å². The van der Waals surface area contributed by atoms with E-state index in [-0.39, 0.29) is 0 Å². The largest absolute Gasteiger partial charge is 0.380 e. The highest BCUT2D eigenvalue weighted by Gasteiger charge is 2.05. The Morgan fingerprint density at radius 2 is 2.26 bits per heavy atom. The fourth-order valence-electron chi connectivity index (χ4n) is 1.78. The Bertz CT molecular complexity index is 702. The zero-order valence-corrected chi connectivity index (χ0v) is 13.1. The van der Waals surface area contributed by atoms with Crippen molar-refractivity contribution < 1.29 is 0 Å². The quantitative estimate of drug-likeness (QED) is 0.725. The average Bonchev–Trinajstić information content (AvgIpc) is 3.01. The minimum absolute atomic E-state index is 0.830. The van der Waals surface area contributed by atoms with Crippen LogP contribution in [0.3, 0.4) is 0 Å². The van der Waals surface area contributed by atoms with Crippen LogP contribution in [0.15, 0.2) is 28.0 Å². The standard InChI is InChI=1S/C13H13N3S3/c1-8-12(18-7-15-8)6-14-9-3-4-10-11(5-9)19-13(16-10)17-2/h3-5,7,14H,6H2,1-2H3. The van der Waals surface area contributed by atoms with E-state index < -0.39 is 0 Å². The fraction of sp³-hybridized carbons (Fsp3) is 0.231. The number of fused-ring (bicyclic) bond motifs is 1. The van der Waals surface area contributed by atoms with Crippen molar-refractivity contribution >= 4 is 50.3 Å². The predicted octanol–water partition coefficient (Wildman–Crippen LogP) is 4.40. The Morgan fingerprint density at radius 1 is 1.37 bits per heavy atom.